The molecule has 0 radical (unpaired) electrons. The number of halogens is 4. The van der Waals surface area contributed by atoms with Crippen molar-refractivity contribution < 1.29 is 27.1 Å². The minimum absolute atomic E-state index is 0.148. The molecule has 0 aliphatic rings. The van der Waals surface area contributed by atoms with Gasteiger partial charge in [-0.05, 0) is 6.92 Å². The van der Waals surface area contributed by atoms with Crippen molar-refractivity contribution in [3.8, 4) is 0 Å². The zero-order chi connectivity index (χ0) is 12.5. The molecule has 0 saturated carbocycles. The molecular formula is C8H8F4N2O2. The second kappa shape index (κ2) is 4.11. The number of rotatable bonds is 2. The Labute approximate surface area is 87.8 Å². The SMILES string of the molecule is CCOC(=O)c1c(C(F)(F)F)nn(C)c1F. The fraction of sp³-hybridized carbons (Fsp3) is 0.500. The zero-order valence-electron chi connectivity index (χ0n) is 8.43. The summed E-state index contributed by atoms with van der Waals surface area (Å²) in [6.45, 7) is 1.25. The number of alkyl halides is 3. The van der Waals surface area contributed by atoms with Crippen molar-refractivity contribution in [2.75, 3.05) is 6.61 Å². The van der Waals surface area contributed by atoms with E-state index in [1.165, 1.54) is 6.92 Å². The molecule has 0 bridgehead atoms. The number of nitrogens with zero attached hydrogens (tertiary/aromatic N) is 2. The van der Waals surface area contributed by atoms with E-state index in [9.17, 15) is 22.4 Å². The lowest BCUT2D eigenvalue weighted by Gasteiger charge is -2.05. The molecule has 0 aliphatic heterocycles. The highest BCUT2D eigenvalue weighted by Crippen LogP contribution is 2.32. The zero-order valence-corrected chi connectivity index (χ0v) is 8.43. The van der Waals surface area contributed by atoms with Gasteiger partial charge in [0.15, 0.2) is 5.69 Å². The van der Waals surface area contributed by atoms with Gasteiger partial charge in [-0.15, -0.1) is 0 Å². The third kappa shape index (κ3) is 2.15. The van der Waals surface area contributed by atoms with Crippen molar-refractivity contribution in [1.82, 2.24) is 9.78 Å². The van der Waals surface area contributed by atoms with Crippen LogP contribution in [0.5, 0.6) is 0 Å². The van der Waals surface area contributed by atoms with Gasteiger partial charge in [-0.3, -0.25) is 0 Å². The number of hydrogen-bond donors (Lipinski definition) is 0. The highest BCUT2D eigenvalue weighted by atomic mass is 19.4. The van der Waals surface area contributed by atoms with Gasteiger partial charge in [-0.25, -0.2) is 9.48 Å². The van der Waals surface area contributed by atoms with Crippen LogP contribution in [-0.4, -0.2) is 22.4 Å². The number of ether oxygens (including phenoxy) is 1. The number of carbonyl (C=O) groups excluding carboxylic acids is 1. The van der Waals surface area contributed by atoms with Crippen molar-refractivity contribution in [3.05, 3.63) is 17.2 Å². The first-order valence-corrected chi connectivity index (χ1v) is 4.25. The molecule has 4 nitrogen and oxygen atoms in total. The van der Waals surface area contributed by atoms with Crippen molar-refractivity contribution >= 4 is 5.97 Å². The molecule has 0 N–H and O–H groups in total. The van der Waals surface area contributed by atoms with Gasteiger partial charge in [0.1, 0.15) is 5.56 Å². The summed E-state index contributed by atoms with van der Waals surface area (Å²) in [4.78, 5) is 11.1. The first-order valence-electron chi connectivity index (χ1n) is 4.25. The van der Waals surface area contributed by atoms with Crippen LogP contribution in [0.15, 0.2) is 0 Å². The molecule has 0 aliphatic carbocycles. The predicted octanol–water partition coefficient (Wildman–Crippen LogP) is 1.75. The van der Waals surface area contributed by atoms with Crippen LogP contribution in [0.3, 0.4) is 0 Å². The standard InChI is InChI=1S/C8H8F4N2O2/c1-3-16-7(15)4-5(8(10,11)12)13-14(2)6(4)9/h3H2,1-2H3. The number of carbonyl (C=O) groups is 1. The maximum atomic E-state index is 13.2. The minimum Gasteiger partial charge on any atom is -0.462 e. The lowest BCUT2D eigenvalue weighted by atomic mass is 10.2. The van der Waals surface area contributed by atoms with Crippen molar-refractivity contribution in [2.24, 2.45) is 7.05 Å². The quantitative estimate of drug-likeness (QED) is 0.584. The van der Waals surface area contributed by atoms with Crippen LogP contribution >= 0.6 is 0 Å². The Bertz CT molecular complexity index is 411. The Morgan fingerprint density at radius 2 is 2.06 bits per heavy atom. The fourth-order valence-electron chi connectivity index (χ4n) is 1.09. The molecule has 0 saturated heterocycles. The van der Waals surface area contributed by atoms with Gasteiger partial charge < -0.3 is 4.74 Å². The van der Waals surface area contributed by atoms with Crippen molar-refractivity contribution in [2.45, 2.75) is 13.1 Å². The van der Waals surface area contributed by atoms with Crippen LogP contribution in [0.1, 0.15) is 23.0 Å². The average molecular weight is 240 g/mol. The molecule has 0 atom stereocenters. The molecular weight excluding hydrogens is 232 g/mol. The molecule has 0 aromatic carbocycles. The number of aromatic nitrogens is 2. The van der Waals surface area contributed by atoms with Gasteiger partial charge in [0.2, 0.25) is 5.95 Å². The summed E-state index contributed by atoms with van der Waals surface area (Å²) in [5, 5.41) is 2.90. The Kier molecular flexibility index (Phi) is 3.20. The molecule has 0 unspecified atom stereocenters. The van der Waals surface area contributed by atoms with Gasteiger partial charge in [-0.2, -0.15) is 22.7 Å². The van der Waals surface area contributed by atoms with E-state index in [2.05, 4.69) is 9.84 Å². The van der Waals surface area contributed by atoms with Gasteiger partial charge in [-0.1, -0.05) is 0 Å². The van der Waals surface area contributed by atoms with E-state index in [1.54, 1.807) is 0 Å². The number of esters is 1. The smallest absolute Gasteiger partial charge is 0.436 e. The van der Waals surface area contributed by atoms with E-state index in [0.29, 0.717) is 4.68 Å². The molecule has 0 fully saturated rings. The summed E-state index contributed by atoms with van der Waals surface area (Å²) in [5.41, 5.74) is -2.76. The molecule has 0 amide bonds. The third-order valence-electron chi connectivity index (χ3n) is 1.73. The van der Waals surface area contributed by atoms with Crippen LogP contribution in [0, 0.1) is 5.95 Å². The first-order chi connectivity index (χ1) is 7.29. The van der Waals surface area contributed by atoms with E-state index in [4.69, 9.17) is 0 Å². The van der Waals surface area contributed by atoms with Gasteiger partial charge in [0.25, 0.3) is 0 Å². The molecule has 1 aromatic rings. The number of hydrogen-bond acceptors (Lipinski definition) is 3. The highest BCUT2D eigenvalue weighted by Gasteiger charge is 2.42. The van der Waals surface area contributed by atoms with Gasteiger partial charge in [0, 0.05) is 7.05 Å². The Morgan fingerprint density at radius 1 is 1.50 bits per heavy atom. The largest absolute Gasteiger partial charge is 0.462 e. The van der Waals surface area contributed by atoms with E-state index >= 15 is 0 Å². The molecule has 1 aromatic heterocycles. The summed E-state index contributed by atoms with van der Waals surface area (Å²) in [5.74, 6) is -2.74. The maximum absolute atomic E-state index is 13.2. The van der Waals surface area contributed by atoms with Crippen LogP contribution < -0.4 is 0 Å². The molecule has 1 heterocycles. The Morgan fingerprint density at radius 3 is 2.50 bits per heavy atom. The summed E-state index contributed by atoms with van der Waals surface area (Å²) < 4.78 is 55.1. The van der Waals surface area contributed by atoms with Crippen molar-refractivity contribution in [3.63, 3.8) is 0 Å². The van der Waals surface area contributed by atoms with Gasteiger partial charge >= 0.3 is 12.1 Å². The predicted molar refractivity (Wildman–Crippen MR) is 44.1 cm³/mol. The van der Waals surface area contributed by atoms with Gasteiger partial charge in [0.05, 0.1) is 6.61 Å². The average Bonchev–Trinajstić information content (AvgIpc) is 2.43. The normalized spacial score (nSPS) is 11.6. The van der Waals surface area contributed by atoms with Crippen LogP contribution in [-0.2, 0) is 18.0 Å². The highest BCUT2D eigenvalue weighted by molar-refractivity contribution is 5.90. The van der Waals surface area contributed by atoms with E-state index in [-0.39, 0.29) is 6.61 Å². The maximum Gasteiger partial charge on any atom is 0.436 e. The first kappa shape index (κ1) is 12.5. The molecule has 16 heavy (non-hydrogen) atoms. The lowest BCUT2D eigenvalue weighted by molar-refractivity contribution is -0.142. The van der Waals surface area contributed by atoms with Crippen LogP contribution in [0.2, 0.25) is 0 Å². The molecule has 1 rings (SSSR count). The van der Waals surface area contributed by atoms with Crippen LogP contribution in [0.4, 0.5) is 17.6 Å². The van der Waals surface area contributed by atoms with Crippen molar-refractivity contribution in [1.29, 1.82) is 0 Å². The fourth-order valence-corrected chi connectivity index (χ4v) is 1.09. The second-order valence-corrected chi connectivity index (χ2v) is 2.86. The van der Waals surface area contributed by atoms with Crippen LogP contribution in [0.25, 0.3) is 0 Å². The minimum atomic E-state index is -4.90. The lowest BCUT2D eigenvalue weighted by Crippen LogP contribution is -2.15. The van der Waals surface area contributed by atoms with E-state index in [1.807, 2.05) is 0 Å². The monoisotopic (exact) mass is 240 g/mol. The summed E-state index contributed by atoms with van der Waals surface area (Å²) in [6.07, 6.45) is -4.90. The topological polar surface area (TPSA) is 44.1 Å². The Balaban J connectivity index is 3.30. The summed E-state index contributed by atoms with van der Waals surface area (Å²) in [6, 6.07) is 0. The number of aryl methyl sites for hydroxylation is 1. The second-order valence-electron chi connectivity index (χ2n) is 2.86. The van der Waals surface area contributed by atoms with E-state index < -0.39 is 29.4 Å². The summed E-state index contributed by atoms with van der Waals surface area (Å²) >= 11 is 0. The third-order valence-corrected chi connectivity index (χ3v) is 1.73. The Hall–Kier alpha value is -1.60. The molecule has 8 heteroatoms. The molecule has 90 valence electrons. The molecule has 0 spiro atoms. The van der Waals surface area contributed by atoms with E-state index in [0.717, 1.165) is 7.05 Å². The summed E-state index contributed by atoms with van der Waals surface area (Å²) in [7, 11) is 0.966.